The highest BCUT2D eigenvalue weighted by Crippen LogP contribution is 2.30. The van der Waals surface area contributed by atoms with E-state index in [0.717, 1.165) is 21.3 Å². The van der Waals surface area contributed by atoms with Crippen molar-refractivity contribution in [1.82, 2.24) is 14.5 Å². The Morgan fingerprint density at radius 1 is 1.11 bits per heavy atom. The number of hydrogen-bond acceptors (Lipinski definition) is 5. The summed E-state index contributed by atoms with van der Waals surface area (Å²) in [6.45, 7) is -0.0933. The van der Waals surface area contributed by atoms with Gasteiger partial charge in [0.05, 0.1) is 16.7 Å². The number of aliphatic hydroxyl groups is 1. The lowest BCUT2D eigenvalue weighted by Gasteiger charge is -2.12. The van der Waals surface area contributed by atoms with Crippen LogP contribution in [0.3, 0.4) is 0 Å². The maximum absolute atomic E-state index is 12.5. The van der Waals surface area contributed by atoms with Crippen molar-refractivity contribution in [2.75, 3.05) is 6.54 Å². The Hall–Kier alpha value is -2.52. The molecule has 138 valence electrons. The van der Waals surface area contributed by atoms with Gasteiger partial charge in [0.15, 0.2) is 0 Å². The van der Waals surface area contributed by atoms with Crippen LogP contribution >= 0.6 is 11.3 Å². The minimum atomic E-state index is -3.72. The van der Waals surface area contributed by atoms with E-state index >= 15 is 0 Å². The van der Waals surface area contributed by atoms with E-state index in [1.807, 2.05) is 29.6 Å². The van der Waals surface area contributed by atoms with Gasteiger partial charge >= 0.3 is 0 Å². The van der Waals surface area contributed by atoms with Crippen molar-refractivity contribution in [3.63, 3.8) is 0 Å². The van der Waals surface area contributed by atoms with Crippen molar-refractivity contribution in [1.29, 1.82) is 0 Å². The predicted octanol–water partition coefficient (Wildman–Crippen LogP) is 3.10. The average molecular weight is 399 g/mol. The highest BCUT2D eigenvalue weighted by molar-refractivity contribution is 7.89. The summed E-state index contributed by atoms with van der Waals surface area (Å²) in [5.41, 5.74) is 1.50. The Labute approximate surface area is 160 Å². The van der Waals surface area contributed by atoms with E-state index in [2.05, 4.69) is 9.82 Å². The Morgan fingerprint density at radius 2 is 1.89 bits per heavy atom. The molecule has 1 atom stereocenters. The molecule has 0 aliphatic heterocycles. The third-order valence-corrected chi connectivity index (χ3v) is 6.67. The second kappa shape index (κ2) is 7.24. The van der Waals surface area contributed by atoms with Crippen molar-refractivity contribution in [2.45, 2.75) is 11.0 Å². The van der Waals surface area contributed by atoms with Crippen molar-refractivity contribution >= 4 is 31.4 Å². The van der Waals surface area contributed by atoms with Gasteiger partial charge in [-0.1, -0.05) is 18.2 Å². The van der Waals surface area contributed by atoms with E-state index in [-0.39, 0.29) is 11.4 Å². The molecule has 0 amide bonds. The zero-order valence-corrected chi connectivity index (χ0v) is 15.8. The molecular weight excluding hydrogens is 382 g/mol. The monoisotopic (exact) mass is 399 g/mol. The second-order valence-electron chi connectivity index (χ2n) is 6.00. The molecule has 2 aromatic carbocycles. The van der Waals surface area contributed by atoms with Gasteiger partial charge in [0, 0.05) is 29.2 Å². The lowest BCUT2D eigenvalue weighted by Crippen LogP contribution is -2.28. The van der Waals surface area contributed by atoms with Crippen molar-refractivity contribution in [2.24, 2.45) is 0 Å². The zero-order chi connectivity index (χ0) is 18.9. The van der Waals surface area contributed by atoms with Crippen LogP contribution in [0.5, 0.6) is 0 Å². The molecule has 0 radical (unpaired) electrons. The molecule has 0 saturated heterocycles. The van der Waals surface area contributed by atoms with Gasteiger partial charge < -0.3 is 5.11 Å². The summed E-state index contributed by atoms with van der Waals surface area (Å²) in [4.78, 5) is 0.140. The fraction of sp³-hybridized carbons (Fsp3) is 0.105. The highest BCUT2D eigenvalue weighted by Gasteiger charge is 2.18. The quantitative estimate of drug-likeness (QED) is 0.522. The van der Waals surface area contributed by atoms with Crippen LogP contribution in [0, 0.1) is 0 Å². The normalized spacial score (nSPS) is 13.1. The van der Waals surface area contributed by atoms with Gasteiger partial charge in [-0.3, -0.25) is 0 Å². The lowest BCUT2D eigenvalue weighted by molar-refractivity contribution is 0.184. The van der Waals surface area contributed by atoms with Gasteiger partial charge in [0.1, 0.15) is 0 Å². The summed E-state index contributed by atoms with van der Waals surface area (Å²) < 4.78 is 30.2. The Morgan fingerprint density at radius 3 is 2.63 bits per heavy atom. The Kier molecular flexibility index (Phi) is 4.79. The first-order chi connectivity index (χ1) is 13.0. The summed E-state index contributed by atoms with van der Waals surface area (Å²) in [6.07, 6.45) is 2.52. The van der Waals surface area contributed by atoms with Gasteiger partial charge in [-0.25, -0.2) is 17.8 Å². The van der Waals surface area contributed by atoms with Crippen LogP contribution < -0.4 is 4.72 Å². The molecule has 8 heteroatoms. The van der Waals surface area contributed by atoms with Crippen LogP contribution in [-0.4, -0.2) is 29.8 Å². The van der Waals surface area contributed by atoms with Crippen LogP contribution in [0.1, 0.15) is 11.7 Å². The molecule has 0 aliphatic carbocycles. The molecular formula is C19H17N3O3S2. The fourth-order valence-corrected chi connectivity index (χ4v) is 4.88. The van der Waals surface area contributed by atoms with E-state index < -0.39 is 16.1 Å². The first-order valence-electron chi connectivity index (χ1n) is 8.28. The topological polar surface area (TPSA) is 84.2 Å². The van der Waals surface area contributed by atoms with E-state index in [9.17, 15) is 13.5 Å². The molecule has 0 spiro atoms. The summed E-state index contributed by atoms with van der Waals surface area (Å²) in [5, 5.41) is 17.4. The van der Waals surface area contributed by atoms with E-state index in [4.69, 9.17) is 0 Å². The first kappa shape index (κ1) is 17.9. The van der Waals surface area contributed by atoms with E-state index in [0.29, 0.717) is 0 Å². The maximum atomic E-state index is 12.5. The molecule has 2 aromatic heterocycles. The largest absolute Gasteiger partial charge is 0.387 e. The maximum Gasteiger partial charge on any atom is 0.240 e. The van der Waals surface area contributed by atoms with E-state index in [1.54, 1.807) is 35.3 Å². The van der Waals surface area contributed by atoms with Crippen molar-refractivity contribution < 1.29 is 13.5 Å². The smallest absolute Gasteiger partial charge is 0.240 e. The molecule has 2 N–H and O–H groups in total. The minimum absolute atomic E-state index is 0.0933. The Bertz CT molecular complexity index is 1150. The zero-order valence-electron chi connectivity index (χ0n) is 14.2. The number of thiophene rings is 1. The van der Waals surface area contributed by atoms with Crippen LogP contribution in [0.4, 0.5) is 0 Å². The molecule has 4 aromatic rings. The predicted molar refractivity (Wildman–Crippen MR) is 106 cm³/mol. The molecule has 4 rings (SSSR count). The molecule has 0 saturated carbocycles. The first-order valence-corrected chi connectivity index (χ1v) is 10.6. The summed E-state index contributed by atoms with van der Waals surface area (Å²) in [7, 11) is -3.72. The van der Waals surface area contributed by atoms with E-state index in [1.165, 1.54) is 23.5 Å². The number of hydrogen-bond donors (Lipinski definition) is 2. The number of aromatic nitrogens is 2. The number of fused-ring (bicyclic) bond motifs is 1. The number of rotatable bonds is 6. The molecule has 2 heterocycles. The average Bonchev–Trinajstić information content (AvgIpc) is 3.36. The van der Waals surface area contributed by atoms with Crippen LogP contribution in [-0.2, 0) is 10.0 Å². The molecule has 27 heavy (non-hydrogen) atoms. The molecule has 0 unspecified atom stereocenters. The molecule has 0 fully saturated rings. The third-order valence-electron chi connectivity index (χ3n) is 4.25. The number of nitrogens with one attached hydrogen (secondary N) is 1. The number of nitrogens with zero attached hydrogens (tertiary/aromatic N) is 2. The number of aliphatic hydroxyl groups excluding tert-OH is 1. The number of benzene rings is 2. The fourth-order valence-electron chi connectivity index (χ4n) is 2.84. The standard InChI is InChI=1S/C19H17N3O3S2/c23-18(17-13-26-19-5-2-1-4-16(17)19)12-21-27(24,25)15-8-6-14(7-9-15)22-11-3-10-20-22/h1-11,13,18,21,23H,12H2/t18-/m1/s1. The second-order valence-corrected chi connectivity index (χ2v) is 8.68. The molecule has 6 nitrogen and oxygen atoms in total. The highest BCUT2D eigenvalue weighted by atomic mass is 32.2. The van der Waals surface area contributed by atoms with Crippen LogP contribution in [0.25, 0.3) is 15.8 Å². The van der Waals surface area contributed by atoms with Gasteiger partial charge in [-0.05, 0) is 47.2 Å². The van der Waals surface area contributed by atoms with Crippen LogP contribution in [0.15, 0.2) is 77.3 Å². The van der Waals surface area contributed by atoms with Crippen molar-refractivity contribution in [3.8, 4) is 5.69 Å². The summed E-state index contributed by atoms with van der Waals surface area (Å²) in [5.74, 6) is 0. The SMILES string of the molecule is O=S(=O)(NC[C@@H](O)c1csc2ccccc12)c1ccc(-n2cccn2)cc1. The van der Waals surface area contributed by atoms with Gasteiger partial charge in [0.2, 0.25) is 10.0 Å². The minimum Gasteiger partial charge on any atom is -0.387 e. The van der Waals surface area contributed by atoms with Crippen molar-refractivity contribution in [3.05, 3.63) is 77.9 Å². The number of sulfonamides is 1. The van der Waals surface area contributed by atoms with Gasteiger partial charge in [0.25, 0.3) is 0 Å². The van der Waals surface area contributed by atoms with Gasteiger partial charge in [-0.2, -0.15) is 5.10 Å². The van der Waals surface area contributed by atoms with Crippen LogP contribution in [0.2, 0.25) is 0 Å². The lowest BCUT2D eigenvalue weighted by atomic mass is 10.1. The summed E-state index contributed by atoms with van der Waals surface area (Å²) in [6, 6.07) is 15.9. The molecule has 0 bridgehead atoms. The summed E-state index contributed by atoms with van der Waals surface area (Å²) >= 11 is 1.53. The third kappa shape index (κ3) is 3.65. The molecule has 0 aliphatic rings. The Balaban J connectivity index is 1.48. The van der Waals surface area contributed by atoms with Gasteiger partial charge in [-0.15, -0.1) is 11.3 Å².